The smallest absolute Gasteiger partial charge is 0.265 e. The fourth-order valence-corrected chi connectivity index (χ4v) is 3.92. The van der Waals surface area contributed by atoms with Crippen molar-refractivity contribution in [3.05, 3.63) is 50.1 Å². The van der Waals surface area contributed by atoms with Crippen molar-refractivity contribution in [2.45, 2.75) is 11.8 Å². The van der Waals surface area contributed by atoms with E-state index in [4.69, 9.17) is 11.6 Å². The summed E-state index contributed by atoms with van der Waals surface area (Å²) in [4.78, 5) is 3.74. The van der Waals surface area contributed by atoms with Crippen LogP contribution in [0.15, 0.2) is 44.3 Å². The van der Waals surface area contributed by atoms with Crippen molar-refractivity contribution in [2.75, 3.05) is 4.72 Å². The van der Waals surface area contributed by atoms with Crippen LogP contribution in [0.1, 0.15) is 5.56 Å². The Morgan fingerprint density at radius 1 is 1.20 bits per heavy atom. The molecule has 4 nitrogen and oxygen atoms in total. The molecule has 0 amide bonds. The van der Waals surface area contributed by atoms with Crippen LogP contribution in [0.4, 0.5) is 5.69 Å². The third-order valence-electron chi connectivity index (χ3n) is 2.51. The van der Waals surface area contributed by atoms with Crippen molar-refractivity contribution in [1.82, 2.24) is 4.98 Å². The van der Waals surface area contributed by atoms with E-state index in [0.717, 1.165) is 10.0 Å². The summed E-state index contributed by atoms with van der Waals surface area (Å²) in [7, 11) is -3.80. The molecule has 0 saturated carbocycles. The third kappa shape index (κ3) is 3.52. The number of anilines is 1. The van der Waals surface area contributed by atoms with E-state index in [-0.39, 0.29) is 10.0 Å². The molecule has 1 aromatic heterocycles. The Kier molecular flexibility index (Phi) is 4.73. The molecule has 2 aromatic rings. The summed E-state index contributed by atoms with van der Waals surface area (Å²) in [5, 5.41) is -0.0756. The van der Waals surface area contributed by atoms with Gasteiger partial charge in [0.1, 0.15) is 10.0 Å². The molecule has 0 aliphatic rings. The van der Waals surface area contributed by atoms with Crippen LogP contribution in [0.25, 0.3) is 0 Å². The van der Waals surface area contributed by atoms with Gasteiger partial charge in [-0.15, -0.1) is 0 Å². The Morgan fingerprint density at radius 3 is 2.60 bits per heavy atom. The molecule has 8 heteroatoms. The first kappa shape index (κ1) is 15.8. The average Bonchev–Trinajstić information content (AvgIpc) is 2.36. The van der Waals surface area contributed by atoms with Crippen LogP contribution in [-0.4, -0.2) is 13.4 Å². The van der Waals surface area contributed by atoms with Gasteiger partial charge < -0.3 is 0 Å². The third-order valence-corrected chi connectivity index (χ3v) is 5.23. The first-order valence-corrected chi connectivity index (χ1v) is 8.84. The van der Waals surface area contributed by atoms with E-state index >= 15 is 0 Å². The lowest BCUT2D eigenvalue weighted by Crippen LogP contribution is -2.14. The van der Waals surface area contributed by atoms with Gasteiger partial charge in [0, 0.05) is 15.1 Å². The molecule has 0 atom stereocenters. The lowest BCUT2D eigenvalue weighted by molar-refractivity contribution is 0.600. The Balaban J connectivity index is 2.46. The van der Waals surface area contributed by atoms with Gasteiger partial charge in [-0.05, 0) is 46.6 Å². The normalized spacial score (nSPS) is 11.4. The van der Waals surface area contributed by atoms with Gasteiger partial charge in [-0.1, -0.05) is 33.6 Å². The number of halogens is 3. The van der Waals surface area contributed by atoms with Crippen LogP contribution in [-0.2, 0) is 10.0 Å². The number of rotatable bonds is 3. The molecule has 1 N–H and O–H groups in total. The van der Waals surface area contributed by atoms with E-state index in [1.165, 1.54) is 12.3 Å². The minimum Gasteiger partial charge on any atom is -0.279 e. The van der Waals surface area contributed by atoms with Crippen molar-refractivity contribution >= 4 is 59.2 Å². The van der Waals surface area contributed by atoms with Crippen molar-refractivity contribution in [2.24, 2.45) is 0 Å². The lowest BCUT2D eigenvalue weighted by atomic mass is 10.2. The number of aryl methyl sites for hydroxylation is 1. The van der Waals surface area contributed by atoms with Crippen LogP contribution in [0, 0.1) is 6.92 Å². The van der Waals surface area contributed by atoms with E-state index in [1.807, 2.05) is 19.1 Å². The molecule has 20 heavy (non-hydrogen) atoms. The highest BCUT2D eigenvalue weighted by atomic mass is 79.9. The zero-order chi connectivity index (χ0) is 14.9. The predicted molar refractivity (Wildman–Crippen MR) is 86.6 cm³/mol. The fraction of sp³-hybridized carbons (Fsp3) is 0.0833. The molecule has 0 radical (unpaired) electrons. The lowest BCUT2D eigenvalue weighted by Gasteiger charge is -2.12. The molecular formula is C12H9Br2ClN2O2S. The molecule has 0 aliphatic heterocycles. The van der Waals surface area contributed by atoms with Crippen molar-refractivity contribution in [3.8, 4) is 0 Å². The number of benzene rings is 1. The van der Waals surface area contributed by atoms with Crippen molar-refractivity contribution in [1.29, 1.82) is 0 Å². The molecule has 0 saturated heterocycles. The quantitative estimate of drug-likeness (QED) is 0.721. The number of nitrogens with zero attached hydrogens (tertiary/aromatic N) is 1. The minimum atomic E-state index is -3.80. The molecule has 0 spiro atoms. The maximum Gasteiger partial charge on any atom is 0.265 e. The molecule has 0 fully saturated rings. The summed E-state index contributed by atoms with van der Waals surface area (Å²) in [5.74, 6) is 0. The molecule has 0 unspecified atom stereocenters. The molecule has 0 aliphatic carbocycles. The van der Waals surface area contributed by atoms with Crippen molar-refractivity contribution < 1.29 is 8.42 Å². The van der Waals surface area contributed by atoms with Crippen LogP contribution >= 0.6 is 43.5 Å². The summed E-state index contributed by atoms with van der Waals surface area (Å²) in [6, 6.07) is 6.74. The first-order chi connectivity index (χ1) is 9.29. The predicted octanol–water partition coefficient (Wildman–Crippen LogP) is 4.37. The molecule has 1 aromatic carbocycles. The number of hydrogen-bond donors (Lipinski definition) is 1. The van der Waals surface area contributed by atoms with Gasteiger partial charge in [-0.3, -0.25) is 4.72 Å². The largest absolute Gasteiger partial charge is 0.279 e. The molecular weight excluding hydrogens is 431 g/mol. The SMILES string of the molecule is Cc1ccc(Br)cc1NS(=O)(=O)c1cc(Br)cnc1Cl. The summed E-state index contributed by atoms with van der Waals surface area (Å²) in [5.41, 5.74) is 1.28. The van der Waals surface area contributed by atoms with Gasteiger partial charge in [0.2, 0.25) is 0 Å². The highest BCUT2D eigenvalue weighted by molar-refractivity contribution is 9.10. The van der Waals surface area contributed by atoms with Crippen LogP contribution in [0.2, 0.25) is 5.15 Å². The second-order valence-corrected chi connectivity index (χ2v) is 7.85. The van der Waals surface area contributed by atoms with Gasteiger partial charge in [0.15, 0.2) is 0 Å². The van der Waals surface area contributed by atoms with Crippen molar-refractivity contribution in [3.63, 3.8) is 0 Å². The second kappa shape index (κ2) is 6.01. The van der Waals surface area contributed by atoms with E-state index in [2.05, 4.69) is 41.6 Å². The van der Waals surface area contributed by atoms with E-state index in [0.29, 0.717) is 10.2 Å². The monoisotopic (exact) mass is 438 g/mol. The zero-order valence-corrected chi connectivity index (χ0v) is 14.9. The maximum atomic E-state index is 12.4. The standard InChI is InChI=1S/C12H9Br2ClN2O2S/c1-7-2-3-8(13)4-10(7)17-20(18,19)11-5-9(14)6-16-12(11)15/h2-6,17H,1H3. The Bertz CT molecular complexity index is 766. The molecule has 0 bridgehead atoms. The van der Waals surface area contributed by atoms with Gasteiger partial charge in [-0.25, -0.2) is 13.4 Å². The first-order valence-electron chi connectivity index (χ1n) is 5.39. The summed E-state index contributed by atoms with van der Waals surface area (Å²) >= 11 is 12.3. The number of nitrogens with one attached hydrogen (secondary N) is 1. The number of sulfonamides is 1. The van der Waals surface area contributed by atoms with Crippen LogP contribution < -0.4 is 4.72 Å². The highest BCUT2D eigenvalue weighted by Gasteiger charge is 2.20. The fourth-order valence-electron chi connectivity index (χ4n) is 1.50. The number of aromatic nitrogens is 1. The van der Waals surface area contributed by atoms with Gasteiger partial charge in [0.25, 0.3) is 10.0 Å². The maximum absolute atomic E-state index is 12.4. The molecule has 1 heterocycles. The second-order valence-electron chi connectivity index (χ2n) is 4.01. The van der Waals surface area contributed by atoms with Gasteiger partial charge >= 0.3 is 0 Å². The summed E-state index contributed by atoms with van der Waals surface area (Å²) < 4.78 is 28.6. The van der Waals surface area contributed by atoms with Crippen LogP contribution in [0.3, 0.4) is 0 Å². The van der Waals surface area contributed by atoms with Crippen LogP contribution in [0.5, 0.6) is 0 Å². The molecule has 2 rings (SSSR count). The zero-order valence-electron chi connectivity index (χ0n) is 10.2. The van der Waals surface area contributed by atoms with Gasteiger partial charge in [-0.2, -0.15) is 0 Å². The number of hydrogen-bond acceptors (Lipinski definition) is 3. The average molecular weight is 441 g/mol. The Morgan fingerprint density at radius 2 is 1.90 bits per heavy atom. The minimum absolute atomic E-state index is 0.0756. The summed E-state index contributed by atoms with van der Waals surface area (Å²) in [6.07, 6.45) is 1.44. The Hall–Kier alpha value is -0.630. The van der Waals surface area contributed by atoms with E-state index in [9.17, 15) is 8.42 Å². The van der Waals surface area contributed by atoms with E-state index in [1.54, 1.807) is 6.07 Å². The topological polar surface area (TPSA) is 59.1 Å². The highest BCUT2D eigenvalue weighted by Crippen LogP contribution is 2.27. The Labute approximate surface area is 138 Å². The molecule has 106 valence electrons. The number of pyridine rings is 1. The van der Waals surface area contributed by atoms with Gasteiger partial charge in [0.05, 0.1) is 5.69 Å². The summed E-state index contributed by atoms with van der Waals surface area (Å²) in [6.45, 7) is 1.81. The van der Waals surface area contributed by atoms with E-state index < -0.39 is 10.0 Å².